The van der Waals surface area contributed by atoms with E-state index < -0.39 is 0 Å². The van der Waals surface area contributed by atoms with Crippen LogP contribution < -0.4 is 15.8 Å². The van der Waals surface area contributed by atoms with Crippen molar-refractivity contribution < 1.29 is 9.18 Å². The van der Waals surface area contributed by atoms with Crippen molar-refractivity contribution in [3.63, 3.8) is 0 Å². The van der Waals surface area contributed by atoms with Crippen molar-refractivity contribution in [3.05, 3.63) is 50.6 Å². The maximum atomic E-state index is 14.4. The van der Waals surface area contributed by atoms with Gasteiger partial charge in [0.05, 0.1) is 22.6 Å². The third-order valence-electron chi connectivity index (χ3n) is 5.73. The van der Waals surface area contributed by atoms with Gasteiger partial charge in [-0.15, -0.1) is 23.1 Å². The van der Waals surface area contributed by atoms with Gasteiger partial charge in [0.1, 0.15) is 16.5 Å². The predicted molar refractivity (Wildman–Crippen MR) is 132 cm³/mol. The monoisotopic (exact) mass is 474 g/mol. The number of thioether (sulfide) groups is 1. The lowest BCUT2D eigenvalue weighted by atomic mass is 9.97. The number of amides is 1. The van der Waals surface area contributed by atoms with Crippen molar-refractivity contribution in [2.75, 3.05) is 23.0 Å². The summed E-state index contributed by atoms with van der Waals surface area (Å²) in [6.45, 7) is 3.97. The molecule has 0 saturated carbocycles. The molecule has 1 amide bonds. The van der Waals surface area contributed by atoms with Gasteiger partial charge in [-0.1, -0.05) is 0 Å². The number of nitrogens with one attached hydrogen (secondary N) is 2. The molecule has 6 nitrogen and oxygen atoms in total. The van der Waals surface area contributed by atoms with Crippen LogP contribution in [-0.2, 0) is 23.4 Å². The molecule has 4 rings (SSSR count). The molecule has 2 heterocycles. The highest BCUT2D eigenvalue weighted by atomic mass is 32.2. The smallest absolute Gasteiger partial charge is 0.259 e. The van der Waals surface area contributed by atoms with E-state index in [0.29, 0.717) is 23.0 Å². The van der Waals surface area contributed by atoms with Gasteiger partial charge < -0.3 is 15.2 Å². The Balaban J connectivity index is 1.35. The summed E-state index contributed by atoms with van der Waals surface area (Å²) >= 11 is 2.98. The van der Waals surface area contributed by atoms with E-state index in [0.717, 1.165) is 35.9 Å². The van der Waals surface area contributed by atoms with Crippen LogP contribution >= 0.6 is 23.1 Å². The molecule has 0 saturated heterocycles. The van der Waals surface area contributed by atoms with Gasteiger partial charge in [0, 0.05) is 23.7 Å². The zero-order valence-corrected chi connectivity index (χ0v) is 20.1. The Morgan fingerprint density at radius 1 is 1.34 bits per heavy atom. The number of hydrogen-bond donors (Lipinski definition) is 2. The molecule has 32 heavy (non-hydrogen) atoms. The Hall–Kier alpha value is -2.39. The van der Waals surface area contributed by atoms with Crippen molar-refractivity contribution in [2.45, 2.75) is 51.3 Å². The van der Waals surface area contributed by atoms with Crippen molar-refractivity contribution in [1.29, 1.82) is 0 Å². The average Bonchev–Trinajstić information content (AvgIpc) is 3.12. The quantitative estimate of drug-likeness (QED) is 0.518. The van der Waals surface area contributed by atoms with Crippen LogP contribution in [0.2, 0.25) is 0 Å². The fraction of sp³-hybridized carbons (Fsp3) is 0.435. The third kappa shape index (κ3) is 4.83. The van der Waals surface area contributed by atoms with Gasteiger partial charge in [-0.2, -0.15) is 0 Å². The Bertz CT molecular complexity index is 1200. The number of fused-ring (bicyclic) bond motifs is 3. The molecule has 0 spiro atoms. The van der Waals surface area contributed by atoms with Crippen LogP contribution in [0.4, 0.5) is 15.8 Å². The van der Waals surface area contributed by atoms with E-state index >= 15 is 0 Å². The molecule has 1 aliphatic carbocycles. The number of nitrogens with zero attached hydrogens (tertiary/aromatic N) is 2. The second-order valence-electron chi connectivity index (χ2n) is 8.32. The maximum Gasteiger partial charge on any atom is 0.259 e. The second-order valence-corrected chi connectivity index (χ2v) is 10.4. The summed E-state index contributed by atoms with van der Waals surface area (Å²) in [5.41, 5.74) is 2.00. The molecule has 0 radical (unpaired) electrons. The van der Waals surface area contributed by atoms with Crippen LogP contribution in [0.5, 0.6) is 0 Å². The van der Waals surface area contributed by atoms with Crippen LogP contribution in [0.15, 0.2) is 23.0 Å². The highest BCUT2D eigenvalue weighted by molar-refractivity contribution is 7.99. The van der Waals surface area contributed by atoms with E-state index in [4.69, 9.17) is 0 Å². The number of benzene rings is 1. The molecule has 2 N–H and O–H groups in total. The van der Waals surface area contributed by atoms with Crippen molar-refractivity contribution >= 4 is 50.6 Å². The summed E-state index contributed by atoms with van der Waals surface area (Å²) in [6, 6.07) is 4.87. The van der Waals surface area contributed by atoms with E-state index in [-0.39, 0.29) is 29.1 Å². The highest BCUT2D eigenvalue weighted by Crippen LogP contribution is 2.33. The summed E-state index contributed by atoms with van der Waals surface area (Å²) < 4.78 is 14.4. The summed E-state index contributed by atoms with van der Waals surface area (Å²) in [5.74, 6) is 0.576. The Morgan fingerprint density at radius 3 is 2.88 bits per heavy atom. The minimum atomic E-state index is -0.375. The average molecular weight is 475 g/mol. The zero-order valence-electron chi connectivity index (χ0n) is 18.5. The van der Waals surface area contributed by atoms with Gasteiger partial charge in [0.25, 0.3) is 5.56 Å². The molecule has 0 unspecified atom stereocenters. The normalized spacial score (nSPS) is 13.4. The lowest BCUT2D eigenvalue weighted by Gasteiger charge is -2.24. The van der Waals surface area contributed by atoms with E-state index in [1.807, 2.05) is 25.8 Å². The fourth-order valence-electron chi connectivity index (χ4n) is 3.86. The van der Waals surface area contributed by atoms with Gasteiger partial charge in [0.2, 0.25) is 5.91 Å². The molecule has 2 aromatic heterocycles. The molecule has 0 fully saturated rings. The standard InChI is InChI=1S/C23H27FN4O2S2/c1-13(2)28(3)17-9-8-14(10-16(17)24)25-20(29)12-31-11-19-26-22(30)21-15-6-4-5-7-18(15)32-23(21)27-19/h8-10,13H,4-7,11-12H2,1-3H3,(H,25,29)(H,26,27,30). The molecule has 3 aromatic rings. The number of hydrogen-bond acceptors (Lipinski definition) is 6. The first kappa shape index (κ1) is 22.8. The minimum absolute atomic E-state index is 0.0867. The summed E-state index contributed by atoms with van der Waals surface area (Å²) in [6.07, 6.45) is 4.25. The number of rotatable bonds is 7. The molecule has 0 bridgehead atoms. The Labute approximate surface area is 194 Å². The number of halogens is 1. The van der Waals surface area contributed by atoms with Crippen LogP contribution in [0.1, 0.15) is 43.0 Å². The first-order valence-corrected chi connectivity index (χ1v) is 12.7. The SMILES string of the molecule is CC(C)N(C)c1ccc(NC(=O)CSCc2nc3sc4c(c3c(=O)[nH]2)CCCC4)cc1F. The van der Waals surface area contributed by atoms with E-state index in [1.54, 1.807) is 23.5 Å². The topological polar surface area (TPSA) is 78.1 Å². The van der Waals surface area contributed by atoms with Crippen LogP contribution in [0, 0.1) is 5.82 Å². The zero-order chi connectivity index (χ0) is 22.8. The summed E-state index contributed by atoms with van der Waals surface area (Å²) in [7, 11) is 1.83. The largest absolute Gasteiger partial charge is 0.370 e. The Morgan fingerprint density at radius 2 is 2.12 bits per heavy atom. The molecule has 9 heteroatoms. The van der Waals surface area contributed by atoms with E-state index in [1.165, 1.54) is 28.3 Å². The van der Waals surface area contributed by atoms with Gasteiger partial charge >= 0.3 is 0 Å². The molecule has 1 aromatic carbocycles. The number of carbonyl (C=O) groups excluding carboxylic acids is 1. The number of anilines is 2. The predicted octanol–water partition coefficient (Wildman–Crippen LogP) is 4.72. The summed E-state index contributed by atoms with van der Waals surface area (Å²) in [5, 5.41) is 3.47. The maximum absolute atomic E-state index is 14.4. The number of aromatic nitrogens is 2. The molecule has 0 atom stereocenters. The summed E-state index contributed by atoms with van der Waals surface area (Å²) in [4.78, 5) is 36.3. The first-order valence-electron chi connectivity index (χ1n) is 10.8. The number of H-pyrrole nitrogens is 1. The van der Waals surface area contributed by atoms with Crippen LogP contribution in [0.25, 0.3) is 10.2 Å². The van der Waals surface area contributed by atoms with E-state index in [9.17, 15) is 14.0 Å². The number of aryl methyl sites for hydroxylation is 2. The number of carbonyl (C=O) groups is 1. The lowest BCUT2D eigenvalue weighted by Crippen LogP contribution is -2.26. The molecule has 170 valence electrons. The van der Waals surface area contributed by atoms with Crippen LogP contribution in [0.3, 0.4) is 0 Å². The molecule has 0 aliphatic heterocycles. The first-order chi connectivity index (χ1) is 15.3. The molecular formula is C23H27FN4O2S2. The highest BCUT2D eigenvalue weighted by Gasteiger charge is 2.20. The van der Waals surface area contributed by atoms with Gasteiger partial charge in [0.15, 0.2) is 0 Å². The third-order valence-corrected chi connectivity index (χ3v) is 7.86. The van der Waals surface area contributed by atoms with Crippen molar-refractivity contribution in [1.82, 2.24) is 9.97 Å². The van der Waals surface area contributed by atoms with Gasteiger partial charge in [-0.05, 0) is 63.3 Å². The van der Waals surface area contributed by atoms with Crippen molar-refractivity contribution in [2.24, 2.45) is 0 Å². The van der Waals surface area contributed by atoms with Crippen LogP contribution in [-0.4, -0.2) is 34.7 Å². The number of aromatic amines is 1. The Kier molecular flexibility index (Phi) is 6.85. The lowest BCUT2D eigenvalue weighted by molar-refractivity contribution is -0.113. The molecule has 1 aliphatic rings. The second kappa shape index (κ2) is 9.62. The molecular weight excluding hydrogens is 447 g/mol. The van der Waals surface area contributed by atoms with E-state index in [2.05, 4.69) is 15.3 Å². The number of thiophene rings is 1. The minimum Gasteiger partial charge on any atom is -0.370 e. The van der Waals surface area contributed by atoms with Crippen molar-refractivity contribution in [3.8, 4) is 0 Å². The van der Waals surface area contributed by atoms with Gasteiger partial charge in [-0.3, -0.25) is 9.59 Å². The van der Waals surface area contributed by atoms with Gasteiger partial charge in [-0.25, -0.2) is 9.37 Å². The fourth-order valence-corrected chi connectivity index (χ4v) is 5.83.